The number of urea groups is 1. The molecule has 7 heteroatoms. The van der Waals surface area contributed by atoms with Gasteiger partial charge in [-0.2, -0.15) is 0 Å². The quantitative estimate of drug-likeness (QED) is 0.724. The van der Waals surface area contributed by atoms with Crippen molar-refractivity contribution < 1.29 is 9.90 Å². The number of nitrogens with one attached hydrogen (secondary N) is 2. The predicted octanol–water partition coefficient (Wildman–Crippen LogP) is 2.13. The molecule has 7 nitrogen and oxygen atoms in total. The molecule has 0 aliphatic heterocycles. The lowest BCUT2D eigenvalue weighted by atomic mass is 10.0. The maximum Gasteiger partial charge on any atom is 0.315 e. The first-order chi connectivity index (χ1) is 11.4. The summed E-state index contributed by atoms with van der Waals surface area (Å²) in [5.41, 5.74) is 0.750. The molecular weight excluding hydrogens is 306 g/mol. The van der Waals surface area contributed by atoms with Crippen molar-refractivity contribution in [3.8, 4) is 0 Å². The maximum absolute atomic E-state index is 12.2. The molecule has 0 aromatic carbocycles. The van der Waals surface area contributed by atoms with E-state index in [4.69, 9.17) is 0 Å². The number of aromatic nitrogens is 3. The minimum atomic E-state index is -0.411. The van der Waals surface area contributed by atoms with E-state index in [0.717, 1.165) is 5.65 Å². The van der Waals surface area contributed by atoms with Crippen LogP contribution in [0.2, 0.25) is 0 Å². The molecule has 2 heterocycles. The van der Waals surface area contributed by atoms with Gasteiger partial charge in [-0.05, 0) is 30.4 Å². The van der Waals surface area contributed by atoms with E-state index in [0.29, 0.717) is 18.8 Å². The molecule has 2 rings (SSSR count). The summed E-state index contributed by atoms with van der Waals surface area (Å²) in [7, 11) is 0. The zero-order valence-corrected chi connectivity index (χ0v) is 14.7. The Morgan fingerprint density at radius 1 is 1.21 bits per heavy atom. The van der Waals surface area contributed by atoms with Crippen molar-refractivity contribution in [3.63, 3.8) is 0 Å². The van der Waals surface area contributed by atoms with E-state index in [9.17, 15) is 9.90 Å². The Bertz CT molecular complexity index is 668. The predicted molar refractivity (Wildman–Crippen MR) is 92.6 cm³/mol. The standard InChI is InChI=1S/C17H27N5O2/c1-11(2)13(23)8-9-18-17(24)19-15(12(3)4)16-21-20-14-7-5-6-10-22(14)16/h5-7,10-13,15,23H,8-9H2,1-4H3,(H2,18,19,24). The molecular formula is C17H27N5O2. The highest BCUT2D eigenvalue weighted by atomic mass is 16.3. The number of aliphatic hydroxyl groups excluding tert-OH is 1. The molecule has 0 fully saturated rings. The van der Waals surface area contributed by atoms with Gasteiger partial charge in [-0.25, -0.2) is 4.79 Å². The molecule has 0 aliphatic rings. The largest absolute Gasteiger partial charge is 0.393 e. The number of aliphatic hydroxyl groups is 1. The Balaban J connectivity index is 2.00. The number of rotatable bonds is 7. The van der Waals surface area contributed by atoms with Crippen LogP contribution in [0.3, 0.4) is 0 Å². The van der Waals surface area contributed by atoms with Crippen LogP contribution >= 0.6 is 0 Å². The van der Waals surface area contributed by atoms with Crippen LogP contribution in [0.25, 0.3) is 5.65 Å². The summed E-state index contributed by atoms with van der Waals surface area (Å²) < 4.78 is 1.88. The summed E-state index contributed by atoms with van der Waals surface area (Å²) in [6.07, 6.45) is 2.01. The van der Waals surface area contributed by atoms with Crippen molar-refractivity contribution in [1.29, 1.82) is 0 Å². The van der Waals surface area contributed by atoms with Crippen LogP contribution in [0.5, 0.6) is 0 Å². The molecule has 2 aromatic heterocycles. The van der Waals surface area contributed by atoms with Gasteiger partial charge in [-0.3, -0.25) is 4.40 Å². The molecule has 2 unspecified atom stereocenters. The van der Waals surface area contributed by atoms with Gasteiger partial charge in [-0.15, -0.1) is 10.2 Å². The van der Waals surface area contributed by atoms with E-state index >= 15 is 0 Å². The molecule has 2 amide bonds. The van der Waals surface area contributed by atoms with Crippen LogP contribution in [0.1, 0.15) is 46.0 Å². The summed E-state index contributed by atoms with van der Waals surface area (Å²) in [6.45, 7) is 8.39. The average molecular weight is 333 g/mol. The summed E-state index contributed by atoms with van der Waals surface area (Å²) in [6, 6.07) is 5.17. The lowest BCUT2D eigenvalue weighted by molar-refractivity contribution is 0.116. The highest BCUT2D eigenvalue weighted by Gasteiger charge is 2.23. The third kappa shape index (κ3) is 4.44. The monoisotopic (exact) mass is 333 g/mol. The van der Waals surface area contributed by atoms with Gasteiger partial charge >= 0.3 is 6.03 Å². The van der Waals surface area contributed by atoms with Crippen LogP contribution < -0.4 is 10.6 Å². The molecule has 0 saturated heterocycles. The lowest BCUT2D eigenvalue weighted by Gasteiger charge is -2.21. The summed E-state index contributed by atoms with van der Waals surface area (Å²) in [5.74, 6) is 1.04. The molecule has 0 radical (unpaired) electrons. The number of amides is 2. The second kappa shape index (κ2) is 8.10. The van der Waals surface area contributed by atoms with E-state index in [2.05, 4.69) is 20.8 Å². The Kier molecular flexibility index (Phi) is 6.14. The molecule has 0 aliphatic carbocycles. The number of carbonyl (C=O) groups is 1. The Morgan fingerprint density at radius 3 is 2.62 bits per heavy atom. The molecule has 24 heavy (non-hydrogen) atoms. The van der Waals surface area contributed by atoms with Crippen LogP contribution in [-0.2, 0) is 0 Å². The van der Waals surface area contributed by atoms with Gasteiger partial charge in [0.25, 0.3) is 0 Å². The van der Waals surface area contributed by atoms with E-state index in [1.807, 2.05) is 56.5 Å². The number of carbonyl (C=O) groups excluding carboxylic acids is 1. The molecule has 2 atom stereocenters. The zero-order valence-electron chi connectivity index (χ0n) is 14.7. The number of nitrogens with zero attached hydrogens (tertiary/aromatic N) is 3. The van der Waals surface area contributed by atoms with Crippen LogP contribution in [0.15, 0.2) is 24.4 Å². The zero-order chi connectivity index (χ0) is 17.7. The Hall–Kier alpha value is -2.15. The second-order valence-electron chi connectivity index (χ2n) is 6.71. The fourth-order valence-electron chi connectivity index (χ4n) is 2.46. The van der Waals surface area contributed by atoms with Gasteiger partial charge < -0.3 is 15.7 Å². The van der Waals surface area contributed by atoms with Crippen LogP contribution in [0.4, 0.5) is 4.79 Å². The van der Waals surface area contributed by atoms with Crippen LogP contribution in [0, 0.1) is 11.8 Å². The first-order valence-corrected chi connectivity index (χ1v) is 8.42. The molecule has 0 spiro atoms. The van der Waals surface area contributed by atoms with E-state index in [1.165, 1.54) is 0 Å². The fourth-order valence-corrected chi connectivity index (χ4v) is 2.46. The van der Waals surface area contributed by atoms with E-state index in [-0.39, 0.29) is 23.9 Å². The first-order valence-electron chi connectivity index (χ1n) is 8.42. The lowest BCUT2D eigenvalue weighted by Crippen LogP contribution is -2.41. The van der Waals surface area contributed by atoms with Crippen molar-refractivity contribution in [2.75, 3.05) is 6.54 Å². The highest BCUT2D eigenvalue weighted by molar-refractivity contribution is 5.74. The third-order valence-electron chi connectivity index (χ3n) is 4.07. The normalized spacial score (nSPS) is 14.1. The van der Waals surface area contributed by atoms with Gasteiger partial charge in [0.2, 0.25) is 0 Å². The van der Waals surface area contributed by atoms with Gasteiger partial charge in [0.05, 0.1) is 12.1 Å². The maximum atomic E-state index is 12.2. The van der Waals surface area contributed by atoms with Crippen molar-refractivity contribution in [2.45, 2.75) is 46.3 Å². The van der Waals surface area contributed by atoms with Gasteiger partial charge in [-0.1, -0.05) is 33.8 Å². The van der Waals surface area contributed by atoms with Crippen molar-refractivity contribution in [1.82, 2.24) is 25.2 Å². The molecule has 2 aromatic rings. The smallest absolute Gasteiger partial charge is 0.315 e. The van der Waals surface area contributed by atoms with Crippen LogP contribution in [-0.4, -0.2) is 38.4 Å². The Morgan fingerprint density at radius 2 is 1.96 bits per heavy atom. The fraction of sp³-hybridized carbons (Fsp3) is 0.588. The van der Waals surface area contributed by atoms with Gasteiger partial charge in [0.15, 0.2) is 11.5 Å². The molecule has 0 bridgehead atoms. The summed E-state index contributed by atoms with van der Waals surface area (Å²) in [4.78, 5) is 12.2. The Labute approximate surface area is 142 Å². The van der Waals surface area contributed by atoms with E-state index < -0.39 is 6.10 Å². The summed E-state index contributed by atoms with van der Waals surface area (Å²) >= 11 is 0. The molecule has 3 N–H and O–H groups in total. The van der Waals surface area contributed by atoms with Gasteiger partial charge in [0, 0.05) is 12.7 Å². The third-order valence-corrected chi connectivity index (χ3v) is 4.07. The molecule has 132 valence electrons. The van der Waals surface area contributed by atoms with Crippen molar-refractivity contribution >= 4 is 11.7 Å². The average Bonchev–Trinajstić information content (AvgIpc) is 2.96. The topological polar surface area (TPSA) is 91.5 Å². The van der Waals surface area contributed by atoms with Crippen molar-refractivity contribution in [2.24, 2.45) is 11.8 Å². The van der Waals surface area contributed by atoms with Gasteiger partial charge in [0.1, 0.15) is 0 Å². The number of hydrogen-bond donors (Lipinski definition) is 3. The molecule has 0 saturated carbocycles. The van der Waals surface area contributed by atoms with E-state index in [1.54, 1.807) is 0 Å². The highest BCUT2D eigenvalue weighted by Crippen LogP contribution is 2.20. The first kappa shape index (κ1) is 18.2. The minimum Gasteiger partial charge on any atom is -0.393 e. The minimum absolute atomic E-state index is 0.157. The SMILES string of the molecule is CC(C)C(O)CCNC(=O)NC(c1nnc2ccccn12)C(C)C. The van der Waals surface area contributed by atoms with Crippen molar-refractivity contribution in [3.05, 3.63) is 30.2 Å². The number of pyridine rings is 1. The summed E-state index contributed by atoms with van der Waals surface area (Å²) in [5, 5.41) is 23.9. The number of fused-ring (bicyclic) bond motifs is 1. The second-order valence-corrected chi connectivity index (χ2v) is 6.71. The number of hydrogen-bond acceptors (Lipinski definition) is 4.